The molecule has 0 aliphatic rings. The summed E-state index contributed by atoms with van der Waals surface area (Å²) in [5.74, 6) is -0.565. The lowest BCUT2D eigenvalue weighted by Crippen LogP contribution is -2.14. The second kappa shape index (κ2) is 5.10. The van der Waals surface area contributed by atoms with Gasteiger partial charge in [-0.15, -0.1) is 0 Å². The Bertz CT molecular complexity index is 899. The average molecular weight is 302 g/mol. The number of imidazole rings is 1. The smallest absolute Gasteiger partial charge is 0.259 e. The monoisotopic (exact) mass is 302 g/mol. The molecule has 21 heavy (non-hydrogen) atoms. The highest BCUT2D eigenvalue weighted by atomic mass is 32.1. The number of hydrogen-bond acceptors (Lipinski definition) is 3. The number of nitrogens with one attached hydrogen (secondary N) is 3. The Balaban J connectivity index is 2.03. The lowest BCUT2D eigenvalue weighted by atomic mass is 10.1. The van der Waals surface area contributed by atoms with Gasteiger partial charge in [-0.2, -0.15) is 0 Å². The molecule has 0 fully saturated rings. The fraction of sp³-hybridized carbons (Fsp3) is 0.0714. The predicted octanol–water partition coefficient (Wildman–Crippen LogP) is 3.32. The van der Waals surface area contributed by atoms with Crippen LogP contribution < -0.4 is 5.32 Å². The third kappa shape index (κ3) is 2.68. The molecule has 2 aromatic heterocycles. The first-order valence-corrected chi connectivity index (χ1v) is 6.60. The molecular formula is C14H11FN4OS. The van der Waals surface area contributed by atoms with E-state index in [1.807, 2.05) is 13.0 Å². The molecule has 0 radical (unpaired) electrons. The number of pyridine rings is 1. The number of rotatable bonds is 2. The Morgan fingerprint density at radius 2 is 2.14 bits per heavy atom. The van der Waals surface area contributed by atoms with Crippen LogP contribution in [0.1, 0.15) is 16.1 Å². The SMILES string of the molecule is Cc1cccc(NC(=O)c2cc(F)cc3[nH]c(=S)[nH]c23)n1. The number of hydrogen-bond donors (Lipinski definition) is 3. The molecule has 5 nitrogen and oxygen atoms in total. The van der Waals surface area contributed by atoms with Gasteiger partial charge in [0.05, 0.1) is 16.6 Å². The number of aromatic nitrogens is 3. The summed E-state index contributed by atoms with van der Waals surface area (Å²) in [6, 6.07) is 7.71. The van der Waals surface area contributed by atoms with Crippen molar-refractivity contribution in [3.63, 3.8) is 0 Å². The lowest BCUT2D eigenvalue weighted by Gasteiger charge is -2.06. The van der Waals surface area contributed by atoms with Gasteiger partial charge in [0, 0.05) is 5.69 Å². The number of H-pyrrole nitrogens is 2. The first-order valence-electron chi connectivity index (χ1n) is 6.19. The number of aryl methyl sites for hydroxylation is 1. The van der Waals surface area contributed by atoms with Crippen molar-refractivity contribution in [3.05, 3.63) is 52.2 Å². The Morgan fingerprint density at radius 1 is 1.33 bits per heavy atom. The number of benzene rings is 1. The van der Waals surface area contributed by atoms with Crippen LogP contribution in [-0.4, -0.2) is 20.9 Å². The fourth-order valence-electron chi connectivity index (χ4n) is 2.08. The highest BCUT2D eigenvalue weighted by Crippen LogP contribution is 2.19. The van der Waals surface area contributed by atoms with E-state index < -0.39 is 11.7 Å². The van der Waals surface area contributed by atoms with Crippen molar-refractivity contribution in [2.45, 2.75) is 6.92 Å². The highest BCUT2D eigenvalue weighted by molar-refractivity contribution is 7.71. The van der Waals surface area contributed by atoms with E-state index in [-0.39, 0.29) is 5.56 Å². The van der Waals surface area contributed by atoms with Crippen LogP contribution >= 0.6 is 12.2 Å². The lowest BCUT2D eigenvalue weighted by molar-refractivity contribution is 0.102. The van der Waals surface area contributed by atoms with Gasteiger partial charge in [0.15, 0.2) is 4.77 Å². The first kappa shape index (κ1) is 13.4. The Kier molecular flexibility index (Phi) is 3.26. The van der Waals surface area contributed by atoms with Crippen LogP contribution in [0.3, 0.4) is 0 Å². The van der Waals surface area contributed by atoms with Gasteiger partial charge in [0.25, 0.3) is 5.91 Å². The number of carbonyl (C=O) groups excluding carboxylic acids is 1. The number of carbonyl (C=O) groups is 1. The van der Waals surface area contributed by atoms with Crippen molar-refractivity contribution in [1.29, 1.82) is 0 Å². The minimum absolute atomic E-state index is 0.167. The van der Waals surface area contributed by atoms with Crippen LogP contribution in [0.4, 0.5) is 10.2 Å². The minimum Gasteiger partial charge on any atom is -0.331 e. The van der Waals surface area contributed by atoms with E-state index in [0.717, 1.165) is 11.8 Å². The summed E-state index contributed by atoms with van der Waals surface area (Å²) in [7, 11) is 0. The quantitative estimate of drug-likeness (QED) is 0.636. The summed E-state index contributed by atoms with van der Waals surface area (Å²) in [6.45, 7) is 1.82. The summed E-state index contributed by atoms with van der Waals surface area (Å²) in [6.07, 6.45) is 0. The second-order valence-corrected chi connectivity index (χ2v) is 4.98. The zero-order valence-electron chi connectivity index (χ0n) is 11.0. The predicted molar refractivity (Wildman–Crippen MR) is 80.4 cm³/mol. The van der Waals surface area contributed by atoms with Crippen molar-refractivity contribution in [2.24, 2.45) is 0 Å². The van der Waals surface area contributed by atoms with Crippen molar-refractivity contribution < 1.29 is 9.18 Å². The molecular weight excluding hydrogens is 291 g/mol. The molecule has 0 aliphatic carbocycles. The molecule has 1 aromatic carbocycles. The van der Waals surface area contributed by atoms with Crippen molar-refractivity contribution >= 4 is 35.0 Å². The maximum absolute atomic E-state index is 13.6. The molecule has 0 spiro atoms. The number of amides is 1. The standard InChI is InChI=1S/C14H11FN4OS/c1-7-3-2-4-11(16-7)18-13(20)9-5-8(15)6-10-12(9)19-14(21)17-10/h2-6H,1H3,(H,16,18,20)(H2,17,19,21). The number of anilines is 1. The van der Waals surface area contributed by atoms with E-state index in [1.165, 1.54) is 6.07 Å². The summed E-state index contributed by atoms with van der Waals surface area (Å²) in [5, 5.41) is 2.64. The third-order valence-electron chi connectivity index (χ3n) is 2.96. The first-order chi connectivity index (χ1) is 10.0. The molecule has 7 heteroatoms. The van der Waals surface area contributed by atoms with Crippen molar-refractivity contribution in [1.82, 2.24) is 15.0 Å². The molecule has 3 rings (SSSR count). The molecule has 106 valence electrons. The summed E-state index contributed by atoms with van der Waals surface area (Å²) < 4.78 is 13.9. The van der Waals surface area contributed by atoms with Gasteiger partial charge >= 0.3 is 0 Å². The molecule has 2 heterocycles. The van der Waals surface area contributed by atoms with Crippen molar-refractivity contribution in [3.8, 4) is 0 Å². The molecule has 3 aromatic rings. The number of nitrogens with zero attached hydrogens (tertiary/aromatic N) is 1. The summed E-state index contributed by atoms with van der Waals surface area (Å²) in [4.78, 5) is 22.1. The molecule has 0 bridgehead atoms. The fourth-order valence-corrected chi connectivity index (χ4v) is 2.29. The Labute approximate surface area is 124 Å². The van der Waals surface area contributed by atoms with Gasteiger partial charge in [0.2, 0.25) is 0 Å². The zero-order valence-corrected chi connectivity index (χ0v) is 11.8. The Morgan fingerprint density at radius 3 is 2.90 bits per heavy atom. The normalized spacial score (nSPS) is 10.8. The van der Waals surface area contributed by atoms with Crippen molar-refractivity contribution in [2.75, 3.05) is 5.32 Å². The van der Waals surface area contributed by atoms with Gasteiger partial charge in [0.1, 0.15) is 11.6 Å². The van der Waals surface area contributed by atoms with Crippen LogP contribution in [0.15, 0.2) is 30.3 Å². The summed E-state index contributed by atoms with van der Waals surface area (Å²) >= 11 is 4.97. The molecule has 0 saturated heterocycles. The van der Waals surface area contributed by atoms with E-state index in [1.54, 1.807) is 12.1 Å². The van der Waals surface area contributed by atoms with E-state index in [2.05, 4.69) is 20.3 Å². The van der Waals surface area contributed by atoms with Gasteiger partial charge in [-0.1, -0.05) is 6.07 Å². The van der Waals surface area contributed by atoms with Crippen LogP contribution in [0.5, 0.6) is 0 Å². The zero-order chi connectivity index (χ0) is 15.0. The topological polar surface area (TPSA) is 73.6 Å². The van der Waals surface area contributed by atoms with Crippen LogP contribution in [-0.2, 0) is 0 Å². The Hall–Kier alpha value is -2.54. The molecule has 0 aliphatic heterocycles. The number of fused-ring (bicyclic) bond motifs is 1. The van der Waals surface area contributed by atoms with Gasteiger partial charge in [-0.25, -0.2) is 9.37 Å². The molecule has 0 atom stereocenters. The molecule has 0 unspecified atom stereocenters. The van der Waals surface area contributed by atoms with Crippen LogP contribution in [0.2, 0.25) is 0 Å². The average Bonchev–Trinajstić information content (AvgIpc) is 2.77. The molecule has 0 saturated carbocycles. The largest absolute Gasteiger partial charge is 0.331 e. The maximum Gasteiger partial charge on any atom is 0.259 e. The highest BCUT2D eigenvalue weighted by Gasteiger charge is 2.14. The second-order valence-electron chi connectivity index (χ2n) is 4.57. The van der Waals surface area contributed by atoms with Crippen LogP contribution in [0, 0.1) is 17.5 Å². The van der Waals surface area contributed by atoms with Gasteiger partial charge < -0.3 is 15.3 Å². The number of aromatic amines is 2. The van der Waals surface area contributed by atoms with E-state index in [4.69, 9.17) is 12.2 Å². The van der Waals surface area contributed by atoms with E-state index in [9.17, 15) is 9.18 Å². The molecule has 1 amide bonds. The van der Waals surface area contributed by atoms with Crippen LogP contribution in [0.25, 0.3) is 11.0 Å². The van der Waals surface area contributed by atoms with E-state index >= 15 is 0 Å². The minimum atomic E-state index is -0.518. The van der Waals surface area contributed by atoms with E-state index in [0.29, 0.717) is 21.6 Å². The van der Waals surface area contributed by atoms with Gasteiger partial charge in [-0.05, 0) is 43.4 Å². The third-order valence-corrected chi connectivity index (χ3v) is 3.17. The molecule has 3 N–H and O–H groups in total. The van der Waals surface area contributed by atoms with Gasteiger partial charge in [-0.3, -0.25) is 4.79 Å². The summed E-state index contributed by atoms with van der Waals surface area (Å²) in [5.41, 5.74) is 1.85. The maximum atomic E-state index is 13.6. The number of halogens is 1.